The first-order valence-electron chi connectivity index (χ1n) is 5.34. The summed E-state index contributed by atoms with van der Waals surface area (Å²) in [6.45, 7) is 10.8. The zero-order valence-corrected chi connectivity index (χ0v) is 10.4. The van der Waals surface area contributed by atoms with Crippen molar-refractivity contribution in [2.45, 2.75) is 34.6 Å². The SMILES string of the molecule is Cc1c(C)c(C)c2c(nc(C)n2C)c1C. The van der Waals surface area contributed by atoms with Gasteiger partial charge in [0, 0.05) is 7.05 Å². The van der Waals surface area contributed by atoms with Crippen molar-refractivity contribution in [1.29, 1.82) is 0 Å². The van der Waals surface area contributed by atoms with Crippen molar-refractivity contribution in [2.24, 2.45) is 7.05 Å². The van der Waals surface area contributed by atoms with Crippen molar-refractivity contribution in [3.8, 4) is 0 Å². The third-order valence-electron chi connectivity index (χ3n) is 3.72. The second kappa shape index (κ2) is 3.09. The molecule has 80 valence electrons. The average Bonchev–Trinajstić information content (AvgIpc) is 2.50. The van der Waals surface area contributed by atoms with E-state index in [0.717, 1.165) is 11.3 Å². The minimum Gasteiger partial charge on any atom is -0.331 e. The number of hydrogen-bond donors (Lipinski definition) is 0. The maximum absolute atomic E-state index is 4.64. The molecule has 0 radical (unpaired) electrons. The lowest BCUT2D eigenvalue weighted by atomic mass is 9.97. The summed E-state index contributed by atoms with van der Waals surface area (Å²) in [4.78, 5) is 4.64. The van der Waals surface area contributed by atoms with Gasteiger partial charge in [0.2, 0.25) is 0 Å². The number of hydrogen-bond acceptors (Lipinski definition) is 1. The van der Waals surface area contributed by atoms with Crippen molar-refractivity contribution in [3.05, 3.63) is 28.1 Å². The number of rotatable bonds is 0. The van der Waals surface area contributed by atoms with Gasteiger partial charge in [0.1, 0.15) is 5.82 Å². The molecule has 0 N–H and O–H groups in total. The van der Waals surface area contributed by atoms with E-state index in [0.29, 0.717) is 0 Å². The largest absolute Gasteiger partial charge is 0.331 e. The van der Waals surface area contributed by atoms with E-state index in [9.17, 15) is 0 Å². The van der Waals surface area contributed by atoms with Crippen LogP contribution in [0.5, 0.6) is 0 Å². The van der Waals surface area contributed by atoms with E-state index in [1.807, 2.05) is 0 Å². The summed E-state index contributed by atoms with van der Waals surface area (Å²) in [7, 11) is 2.09. The van der Waals surface area contributed by atoms with Crippen LogP contribution in [0.3, 0.4) is 0 Å². The van der Waals surface area contributed by atoms with Gasteiger partial charge in [-0.2, -0.15) is 0 Å². The molecule has 15 heavy (non-hydrogen) atoms. The van der Waals surface area contributed by atoms with Gasteiger partial charge < -0.3 is 4.57 Å². The highest BCUT2D eigenvalue weighted by Crippen LogP contribution is 2.28. The van der Waals surface area contributed by atoms with Gasteiger partial charge in [-0.1, -0.05) is 0 Å². The molecule has 1 aromatic heterocycles. The smallest absolute Gasteiger partial charge is 0.106 e. The molecule has 1 heterocycles. The first-order chi connectivity index (χ1) is 6.95. The highest BCUT2D eigenvalue weighted by Gasteiger charge is 2.14. The highest BCUT2D eigenvalue weighted by molar-refractivity contribution is 5.85. The summed E-state index contributed by atoms with van der Waals surface area (Å²) >= 11 is 0. The Kier molecular flexibility index (Phi) is 2.10. The van der Waals surface area contributed by atoms with Gasteiger partial charge in [-0.05, 0) is 56.9 Å². The van der Waals surface area contributed by atoms with Crippen LogP contribution in [-0.4, -0.2) is 9.55 Å². The highest BCUT2D eigenvalue weighted by atomic mass is 15.1. The molecular weight excluding hydrogens is 184 g/mol. The van der Waals surface area contributed by atoms with Gasteiger partial charge >= 0.3 is 0 Å². The van der Waals surface area contributed by atoms with Gasteiger partial charge in [-0.3, -0.25) is 0 Å². The van der Waals surface area contributed by atoms with Crippen LogP contribution in [0.1, 0.15) is 28.1 Å². The second-order valence-electron chi connectivity index (χ2n) is 4.42. The average molecular weight is 202 g/mol. The summed E-state index contributed by atoms with van der Waals surface area (Å²) in [5, 5.41) is 0. The molecule has 2 rings (SSSR count). The molecule has 0 saturated carbocycles. The van der Waals surface area contributed by atoms with Crippen LogP contribution in [0.15, 0.2) is 0 Å². The Labute approximate surface area is 90.9 Å². The quantitative estimate of drug-likeness (QED) is 0.642. The van der Waals surface area contributed by atoms with Crippen LogP contribution in [0.25, 0.3) is 11.0 Å². The molecule has 2 heteroatoms. The molecule has 0 saturated heterocycles. The maximum atomic E-state index is 4.64. The fourth-order valence-electron chi connectivity index (χ4n) is 2.22. The molecule has 0 bridgehead atoms. The number of nitrogens with zero attached hydrogens (tertiary/aromatic N) is 2. The van der Waals surface area contributed by atoms with E-state index in [4.69, 9.17) is 0 Å². The first-order valence-corrected chi connectivity index (χ1v) is 5.34. The second-order valence-corrected chi connectivity index (χ2v) is 4.42. The Bertz CT molecular complexity index is 548. The zero-order valence-electron chi connectivity index (χ0n) is 10.4. The Morgan fingerprint density at radius 1 is 0.800 bits per heavy atom. The van der Waals surface area contributed by atoms with Gasteiger partial charge in [0.05, 0.1) is 11.0 Å². The van der Waals surface area contributed by atoms with E-state index in [1.54, 1.807) is 0 Å². The molecule has 1 aromatic carbocycles. The third-order valence-corrected chi connectivity index (χ3v) is 3.72. The van der Waals surface area contributed by atoms with Crippen molar-refractivity contribution < 1.29 is 0 Å². The molecule has 0 aliphatic rings. The molecule has 0 amide bonds. The Hall–Kier alpha value is -1.31. The standard InChI is InChI=1S/C13H18N2/c1-7-8(2)10(4)13-12(9(7)3)14-11(5)15(13)6/h1-6H3. The van der Waals surface area contributed by atoms with E-state index in [1.165, 1.54) is 27.8 Å². The predicted molar refractivity (Wildman–Crippen MR) is 64.4 cm³/mol. The summed E-state index contributed by atoms with van der Waals surface area (Å²) in [5.41, 5.74) is 7.89. The van der Waals surface area contributed by atoms with Crippen molar-refractivity contribution >= 4 is 11.0 Å². The third kappa shape index (κ3) is 1.21. The fraction of sp³-hybridized carbons (Fsp3) is 0.462. The molecule has 2 aromatic rings. The summed E-state index contributed by atoms with van der Waals surface area (Å²) in [6.07, 6.45) is 0. The van der Waals surface area contributed by atoms with Crippen molar-refractivity contribution in [1.82, 2.24) is 9.55 Å². The number of imidazole rings is 1. The lowest BCUT2D eigenvalue weighted by molar-refractivity contribution is 0.882. The van der Waals surface area contributed by atoms with Gasteiger partial charge in [0.15, 0.2) is 0 Å². The van der Waals surface area contributed by atoms with Crippen LogP contribution < -0.4 is 0 Å². The maximum Gasteiger partial charge on any atom is 0.106 e. The van der Waals surface area contributed by atoms with Crippen LogP contribution in [0.4, 0.5) is 0 Å². The van der Waals surface area contributed by atoms with E-state index in [2.05, 4.69) is 51.2 Å². The molecule has 0 fully saturated rings. The van der Waals surface area contributed by atoms with E-state index >= 15 is 0 Å². The monoisotopic (exact) mass is 202 g/mol. The molecule has 0 aliphatic carbocycles. The lowest BCUT2D eigenvalue weighted by Crippen LogP contribution is -1.97. The zero-order chi connectivity index (χ0) is 11.3. The summed E-state index contributed by atoms with van der Waals surface area (Å²) in [6, 6.07) is 0. The molecule has 0 spiro atoms. The molecular formula is C13H18N2. The number of fused-ring (bicyclic) bond motifs is 1. The minimum absolute atomic E-state index is 1.08. The summed E-state index contributed by atoms with van der Waals surface area (Å²) < 4.78 is 2.18. The topological polar surface area (TPSA) is 17.8 Å². The Balaban J connectivity index is 3.07. The van der Waals surface area contributed by atoms with Gasteiger partial charge in [-0.25, -0.2) is 4.98 Å². The van der Waals surface area contributed by atoms with Gasteiger partial charge in [-0.15, -0.1) is 0 Å². The van der Waals surface area contributed by atoms with Crippen LogP contribution in [0.2, 0.25) is 0 Å². The number of aromatic nitrogens is 2. The van der Waals surface area contributed by atoms with E-state index < -0.39 is 0 Å². The van der Waals surface area contributed by atoms with Gasteiger partial charge in [0.25, 0.3) is 0 Å². The first kappa shape index (κ1) is 10.2. The molecule has 2 nitrogen and oxygen atoms in total. The Morgan fingerprint density at radius 3 is 1.93 bits per heavy atom. The number of aryl methyl sites for hydroxylation is 4. The van der Waals surface area contributed by atoms with Crippen LogP contribution >= 0.6 is 0 Å². The molecule has 0 aliphatic heterocycles. The van der Waals surface area contributed by atoms with Crippen molar-refractivity contribution in [2.75, 3.05) is 0 Å². The van der Waals surface area contributed by atoms with Crippen LogP contribution in [0, 0.1) is 34.6 Å². The van der Waals surface area contributed by atoms with Crippen LogP contribution in [-0.2, 0) is 7.05 Å². The Morgan fingerprint density at radius 2 is 1.33 bits per heavy atom. The van der Waals surface area contributed by atoms with E-state index in [-0.39, 0.29) is 0 Å². The van der Waals surface area contributed by atoms with Crippen molar-refractivity contribution in [3.63, 3.8) is 0 Å². The summed E-state index contributed by atoms with van der Waals surface area (Å²) in [5.74, 6) is 1.08. The normalized spacial score (nSPS) is 11.3. The molecule has 0 atom stereocenters. The number of benzene rings is 1. The lowest BCUT2D eigenvalue weighted by Gasteiger charge is -2.11. The fourth-order valence-corrected chi connectivity index (χ4v) is 2.22. The predicted octanol–water partition coefficient (Wildman–Crippen LogP) is 3.12. The molecule has 0 unspecified atom stereocenters. The minimum atomic E-state index is 1.08.